The van der Waals surface area contributed by atoms with E-state index in [4.69, 9.17) is 5.11 Å². The number of carbonyl (C=O) groups excluding carboxylic acids is 1. The van der Waals surface area contributed by atoms with Gasteiger partial charge in [-0.15, -0.1) is 0 Å². The standard InChI is InChI=1S/C17H29NO3/c1-2-15(12-7-4-3-5-8-12)18-16(19)13-9-6-10-14(11-13)17(20)21/h12-15H,2-11H2,1H3,(H,18,19)(H,20,21). The van der Waals surface area contributed by atoms with Gasteiger partial charge >= 0.3 is 5.97 Å². The molecule has 4 heteroatoms. The van der Waals surface area contributed by atoms with Crippen LogP contribution in [0.1, 0.15) is 71.1 Å². The van der Waals surface area contributed by atoms with Crippen molar-refractivity contribution in [3.05, 3.63) is 0 Å². The van der Waals surface area contributed by atoms with Crippen LogP contribution in [0.15, 0.2) is 0 Å². The Morgan fingerprint density at radius 3 is 2.33 bits per heavy atom. The summed E-state index contributed by atoms with van der Waals surface area (Å²) in [5.41, 5.74) is 0. The van der Waals surface area contributed by atoms with Crippen LogP contribution in [0.3, 0.4) is 0 Å². The minimum Gasteiger partial charge on any atom is -0.481 e. The van der Waals surface area contributed by atoms with E-state index >= 15 is 0 Å². The predicted molar refractivity (Wildman–Crippen MR) is 81.9 cm³/mol. The first-order valence-corrected chi connectivity index (χ1v) is 8.65. The van der Waals surface area contributed by atoms with Gasteiger partial charge in [0.2, 0.25) is 5.91 Å². The fraction of sp³-hybridized carbons (Fsp3) is 0.882. The van der Waals surface area contributed by atoms with Crippen molar-refractivity contribution in [3.63, 3.8) is 0 Å². The molecule has 0 heterocycles. The highest BCUT2D eigenvalue weighted by atomic mass is 16.4. The Labute approximate surface area is 127 Å². The van der Waals surface area contributed by atoms with Crippen LogP contribution in [0.2, 0.25) is 0 Å². The number of carboxylic acids is 1. The number of carboxylic acid groups (broad SMARTS) is 1. The topological polar surface area (TPSA) is 66.4 Å². The Morgan fingerprint density at radius 2 is 1.71 bits per heavy atom. The van der Waals surface area contributed by atoms with Crippen molar-refractivity contribution in [1.29, 1.82) is 0 Å². The molecule has 0 saturated heterocycles. The molecule has 2 rings (SSSR count). The van der Waals surface area contributed by atoms with Crippen LogP contribution in [-0.2, 0) is 9.59 Å². The van der Waals surface area contributed by atoms with E-state index in [1.54, 1.807) is 0 Å². The molecule has 2 fully saturated rings. The van der Waals surface area contributed by atoms with Gasteiger partial charge in [-0.3, -0.25) is 9.59 Å². The second-order valence-electron chi connectivity index (χ2n) is 6.82. The monoisotopic (exact) mass is 295 g/mol. The Hall–Kier alpha value is -1.06. The molecule has 3 unspecified atom stereocenters. The lowest BCUT2D eigenvalue weighted by atomic mass is 9.79. The Bertz CT molecular complexity index is 363. The Morgan fingerprint density at radius 1 is 1.05 bits per heavy atom. The van der Waals surface area contributed by atoms with E-state index in [1.807, 2.05) is 0 Å². The lowest BCUT2D eigenvalue weighted by Crippen LogP contribution is -2.44. The summed E-state index contributed by atoms with van der Waals surface area (Å²) in [6.45, 7) is 2.14. The molecule has 0 aromatic rings. The van der Waals surface area contributed by atoms with Crippen molar-refractivity contribution >= 4 is 11.9 Å². The summed E-state index contributed by atoms with van der Waals surface area (Å²) >= 11 is 0. The maximum absolute atomic E-state index is 12.5. The van der Waals surface area contributed by atoms with Gasteiger partial charge in [-0.25, -0.2) is 0 Å². The lowest BCUT2D eigenvalue weighted by molar-refractivity contribution is -0.144. The first kappa shape index (κ1) is 16.3. The van der Waals surface area contributed by atoms with Crippen molar-refractivity contribution in [2.75, 3.05) is 0 Å². The number of hydrogen-bond acceptors (Lipinski definition) is 2. The van der Waals surface area contributed by atoms with Gasteiger partial charge in [0.05, 0.1) is 5.92 Å². The largest absolute Gasteiger partial charge is 0.481 e. The van der Waals surface area contributed by atoms with Gasteiger partial charge in [0.15, 0.2) is 0 Å². The average Bonchev–Trinajstić information content (AvgIpc) is 2.53. The van der Waals surface area contributed by atoms with E-state index in [0.717, 1.165) is 25.7 Å². The Balaban J connectivity index is 1.87. The summed E-state index contributed by atoms with van der Waals surface area (Å²) in [6, 6.07) is 0.281. The number of amides is 1. The molecule has 0 aliphatic heterocycles. The zero-order valence-electron chi connectivity index (χ0n) is 13.1. The van der Waals surface area contributed by atoms with E-state index in [-0.39, 0.29) is 23.8 Å². The number of hydrogen-bond donors (Lipinski definition) is 2. The summed E-state index contributed by atoms with van der Waals surface area (Å²) in [5.74, 6) is -0.460. The predicted octanol–water partition coefficient (Wildman–Crippen LogP) is 3.35. The summed E-state index contributed by atoms with van der Waals surface area (Å²) in [6.07, 6.45) is 10.2. The lowest BCUT2D eigenvalue weighted by Gasteiger charge is -2.33. The average molecular weight is 295 g/mol. The van der Waals surface area contributed by atoms with Gasteiger partial charge in [-0.05, 0) is 44.4 Å². The molecule has 120 valence electrons. The van der Waals surface area contributed by atoms with Crippen LogP contribution in [-0.4, -0.2) is 23.0 Å². The third kappa shape index (κ3) is 4.45. The molecule has 3 atom stereocenters. The van der Waals surface area contributed by atoms with E-state index in [2.05, 4.69) is 12.2 Å². The minimum absolute atomic E-state index is 0.0957. The van der Waals surface area contributed by atoms with Gasteiger partial charge in [-0.2, -0.15) is 0 Å². The zero-order chi connectivity index (χ0) is 15.2. The van der Waals surface area contributed by atoms with Crippen LogP contribution < -0.4 is 5.32 Å². The van der Waals surface area contributed by atoms with Crippen molar-refractivity contribution in [1.82, 2.24) is 5.32 Å². The highest BCUT2D eigenvalue weighted by molar-refractivity contribution is 5.80. The number of rotatable bonds is 5. The summed E-state index contributed by atoms with van der Waals surface area (Å²) < 4.78 is 0. The fourth-order valence-corrected chi connectivity index (χ4v) is 4.04. The molecule has 2 saturated carbocycles. The summed E-state index contributed by atoms with van der Waals surface area (Å²) in [4.78, 5) is 23.6. The second-order valence-corrected chi connectivity index (χ2v) is 6.82. The molecule has 1 amide bonds. The van der Waals surface area contributed by atoms with E-state index in [9.17, 15) is 9.59 Å². The molecule has 21 heavy (non-hydrogen) atoms. The molecule has 2 aliphatic carbocycles. The number of nitrogens with one attached hydrogen (secondary N) is 1. The van der Waals surface area contributed by atoms with Crippen molar-refractivity contribution in [3.8, 4) is 0 Å². The summed E-state index contributed by atoms with van der Waals surface area (Å²) in [5, 5.41) is 12.4. The van der Waals surface area contributed by atoms with Gasteiger partial charge in [0.1, 0.15) is 0 Å². The van der Waals surface area contributed by atoms with Gasteiger partial charge in [0.25, 0.3) is 0 Å². The fourth-order valence-electron chi connectivity index (χ4n) is 4.04. The first-order valence-electron chi connectivity index (χ1n) is 8.65. The molecular formula is C17H29NO3. The normalized spacial score (nSPS) is 28.8. The Kier molecular flexibility index (Phi) is 6.07. The first-order chi connectivity index (χ1) is 10.1. The molecule has 0 aromatic carbocycles. The number of carbonyl (C=O) groups is 2. The maximum Gasteiger partial charge on any atom is 0.306 e. The van der Waals surface area contributed by atoms with Crippen molar-refractivity contribution in [2.45, 2.75) is 77.2 Å². The molecule has 0 aromatic heterocycles. The molecule has 0 spiro atoms. The van der Waals surface area contributed by atoms with E-state index in [0.29, 0.717) is 12.3 Å². The van der Waals surface area contributed by atoms with Crippen LogP contribution in [0.5, 0.6) is 0 Å². The van der Waals surface area contributed by atoms with E-state index < -0.39 is 5.97 Å². The van der Waals surface area contributed by atoms with Gasteiger partial charge in [-0.1, -0.05) is 32.6 Å². The second kappa shape index (κ2) is 7.81. The van der Waals surface area contributed by atoms with Crippen molar-refractivity contribution in [2.24, 2.45) is 17.8 Å². The SMILES string of the molecule is CCC(NC(=O)C1CCCC(C(=O)O)C1)C1CCCCC1. The third-order valence-electron chi connectivity index (χ3n) is 5.38. The van der Waals surface area contributed by atoms with Crippen molar-refractivity contribution < 1.29 is 14.7 Å². The number of aliphatic carboxylic acids is 1. The highest BCUT2D eigenvalue weighted by Crippen LogP contribution is 2.31. The molecule has 2 aliphatic rings. The summed E-state index contributed by atoms with van der Waals surface area (Å²) in [7, 11) is 0. The quantitative estimate of drug-likeness (QED) is 0.817. The molecular weight excluding hydrogens is 266 g/mol. The van der Waals surface area contributed by atoms with Crippen LogP contribution in [0.25, 0.3) is 0 Å². The highest BCUT2D eigenvalue weighted by Gasteiger charge is 2.32. The molecule has 0 bridgehead atoms. The van der Waals surface area contributed by atoms with E-state index in [1.165, 1.54) is 32.1 Å². The van der Waals surface area contributed by atoms with Crippen LogP contribution in [0, 0.1) is 17.8 Å². The molecule has 2 N–H and O–H groups in total. The van der Waals surface area contributed by atoms with Gasteiger partial charge in [0, 0.05) is 12.0 Å². The van der Waals surface area contributed by atoms with Crippen LogP contribution >= 0.6 is 0 Å². The van der Waals surface area contributed by atoms with Crippen LogP contribution in [0.4, 0.5) is 0 Å². The molecule has 4 nitrogen and oxygen atoms in total. The smallest absolute Gasteiger partial charge is 0.306 e. The van der Waals surface area contributed by atoms with Gasteiger partial charge < -0.3 is 10.4 Å². The minimum atomic E-state index is -0.744. The molecule has 0 radical (unpaired) electrons. The third-order valence-corrected chi connectivity index (χ3v) is 5.38. The zero-order valence-corrected chi connectivity index (χ0v) is 13.1. The maximum atomic E-state index is 12.5.